The van der Waals surface area contributed by atoms with E-state index in [9.17, 15) is 14.4 Å². The summed E-state index contributed by atoms with van der Waals surface area (Å²) in [7, 11) is 0. The van der Waals surface area contributed by atoms with Crippen LogP contribution in [0.4, 0.5) is 9.59 Å². The van der Waals surface area contributed by atoms with E-state index in [1.807, 2.05) is 0 Å². The van der Waals surface area contributed by atoms with Crippen LogP contribution in [0.3, 0.4) is 0 Å². The van der Waals surface area contributed by atoms with Gasteiger partial charge < -0.3 is 25.8 Å². The Morgan fingerprint density at radius 2 is 1.86 bits per heavy atom. The molecule has 8 heteroatoms. The number of amides is 3. The minimum Gasteiger partial charge on any atom is -0.465 e. The minimum atomic E-state index is -1.14. The number of carbonyl (C=O) groups is 3. The van der Waals surface area contributed by atoms with E-state index in [0.29, 0.717) is 25.7 Å². The lowest BCUT2D eigenvalue weighted by Crippen LogP contribution is -2.57. The summed E-state index contributed by atoms with van der Waals surface area (Å²) >= 11 is 0. The van der Waals surface area contributed by atoms with Crippen molar-refractivity contribution >= 4 is 18.6 Å². The highest BCUT2D eigenvalue weighted by molar-refractivity contribution is 5.69. The Labute approximate surface area is 123 Å². The highest BCUT2D eigenvalue weighted by Gasteiger charge is 2.33. The average Bonchev–Trinajstić information content (AvgIpc) is 2.29. The molecule has 4 N–H and O–H groups in total. The van der Waals surface area contributed by atoms with Crippen LogP contribution in [0, 0.1) is 0 Å². The lowest BCUT2D eigenvalue weighted by Gasteiger charge is -2.36. The van der Waals surface area contributed by atoms with Gasteiger partial charge in [-0.1, -0.05) is 0 Å². The van der Waals surface area contributed by atoms with Crippen LogP contribution < -0.4 is 16.0 Å². The fourth-order valence-corrected chi connectivity index (χ4v) is 2.37. The van der Waals surface area contributed by atoms with Crippen LogP contribution in [0.15, 0.2) is 0 Å². The quantitative estimate of drug-likeness (QED) is 0.573. The molecule has 8 nitrogen and oxygen atoms in total. The number of nitrogens with one attached hydrogen (secondary N) is 3. The summed E-state index contributed by atoms with van der Waals surface area (Å²) < 4.78 is 5.17. The number of rotatable bonds is 4. The minimum absolute atomic E-state index is 0.0886. The second kappa shape index (κ2) is 7.14. The van der Waals surface area contributed by atoms with Gasteiger partial charge in [-0.05, 0) is 40.0 Å². The predicted molar refractivity (Wildman–Crippen MR) is 74.9 cm³/mol. The standard InChI is InChI=1S/C13H23N3O5/c1-13(2,3)21-12(20)16-10-6-8(14-7-17)4-5-9(10)15-11(18)19/h7-10,15H,4-6H2,1-3H3,(H,14,17)(H,16,20)(H,18,19)/t8-,9-,10+/m0/s1. The van der Waals surface area contributed by atoms with Crippen molar-refractivity contribution in [3.05, 3.63) is 0 Å². The number of carboxylic acid groups (broad SMARTS) is 1. The van der Waals surface area contributed by atoms with Gasteiger partial charge in [0.25, 0.3) is 0 Å². The van der Waals surface area contributed by atoms with E-state index in [2.05, 4.69) is 16.0 Å². The molecule has 21 heavy (non-hydrogen) atoms. The molecule has 1 aliphatic rings. The predicted octanol–water partition coefficient (Wildman–Crippen LogP) is 0.814. The van der Waals surface area contributed by atoms with Gasteiger partial charge in [0.2, 0.25) is 6.41 Å². The second-order valence-corrected chi connectivity index (χ2v) is 6.10. The third-order valence-electron chi connectivity index (χ3n) is 3.17. The van der Waals surface area contributed by atoms with Gasteiger partial charge in [0.15, 0.2) is 0 Å². The van der Waals surface area contributed by atoms with Crippen LogP contribution in [0.25, 0.3) is 0 Å². The molecule has 0 saturated heterocycles. The van der Waals surface area contributed by atoms with E-state index < -0.39 is 29.9 Å². The van der Waals surface area contributed by atoms with Crippen LogP contribution in [0.2, 0.25) is 0 Å². The zero-order chi connectivity index (χ0) is 16.0. The first kappa shape index (κ1) is 17.1. The summed E-state index contributed by atoms with van der Waals surface area (Å²) in [6.45, 7) is 5.24. The van der Waals surface area contributed by atoms with Gasteiger partial charge in [0, 0.05) is 6.04 Å². The van der Waals surface area contributed by atoms with Crippen LogP contribution in [-0.4, -0.2) is 47.4 Å². The molecule has 0 aromatic carbocycles. The highest BCUT2D eigenvalue weighted by Crippen LogP contribution is 2.20. The fraction of sp³-hybridized carbons (Fsp3) is 0.769. The summed E-state index contributed by atoms with van der Waals surface area (Å²) in [6.07, 6.45) is 0.492. The first-order valence-electron chi connectivity index (χ1n) is 6.90. The second-order valence-electron chi connectivity index (χ2n) is 6.10. The van der Waals surface area contributed by atoms with Gasteiger partial charge in [0.1, 0.15) is 5.60 Å². The number of hydrogen-bond donors (Lipinski definition) is 4. The highest BCUT2D eigenvalue weighted by atomic mass is 16.6. The maximum atomic E-state index is 11.8. The first-order chi connectivity index (χ1) is 9.71. The van der Waals surface area contributed by atoms with Crippen molar-refractivity contribution in [1.29, 1.82) is 0 Å². The van der Waals surface area contributed by atoms with Gasteiger partial charge in [-0.25, -0.2) is 9.59 Å². The molecule has 0 bridgehead atoms. The van der Waals surface area contributed by atoms with Crippen molar-refractivity contribution in [3.8, 4) is 0 Å². The molecule has 3 atom stereocenters. The molecule has 0 spiro atoms. The number of alkyl carbamates (subject to hydrolysis) is 1. The molecule has 0 unspecified atom stereocenters. The topological polar surface area (TPSA) is 117 Å². The van der Waals surface area contributed by atoms with Crippen molar-refractivity contribution < 1.29 is 24.2 Å². The Balaban J connectivity index is 2.66. The molecule has 1 rings (SSSR count). The molecular weight excluding hydrogens is 278 g/mol. The molecule has 120 valence electrons. The number of carbonyl (C=O) groups excluding carboxylic acids is 2. The van der Waals surface area contributed by atoms with Crippen molar-refractivity contribution in [1.82, 2.24) is 16.0 Å². The molecule has 0 heterocycles. The van der Waals surface area contributed by atoms with Crippen LogP contribution >= 0.6 is 0 Å². The van der Waals surface area contributed by atoms with E-state index in [4.69, 9.17) is 9.84 Å². The van der Waals surface area contributed by atoms with Gasteiger partial charge >= 0.3 is 12.2 Å². The monoisotopic (exact) mass is 301 g/mol. The Morgan fingerprint density at radius 3 is 2.38 bits per heavy atom. The van der Waals surface area contributed by atoms with E-state index >= 15 is 0 Å². The molecule has 0 aliphatic heterocycles. The van der Waals surface area contributed by atoms with Crippen molar-refractivity contribution in [2.24, 2.45) is 0 Å². The fourth-order valence-electron chi connectivity index (χ4n) is 2.37. The Bertz CT molecular complexity index is 394. The maximum Gasteiger partial charge on any atom is 0.407 e. The van der Waals surface area contributed by atoms with Crippen molar-refractivity contribution in [3.63, 3.8) is 0 Å². The summed E-state index contributed by atoms with van der Waals surface area (Å²) in [6, 6.07) is -0.920. The summed E-state index contributed by atoms with van der Waals surface area (Å²) in [5.74, 6) is 0. The van der Waals surface area contributed by atoms with E-state index in [-0.39, 0.29) is 6.04 Å². The van der Waals surface area contributed by atoms with Crippen molar-refractivity contribution in [2.45, 2.75) is 63.8 Å². The number of ether oxygens (including phenoxy) is 1. The molecule has 1 aliphatic carbocycles. The largest absolute Gasteiger partial charge is 0.465 e. The summed E-state index contributed by atoms with van der Waals surface area (Å²) in [5, 5.41) is 16.6. The molecular formula is C13H23N3O5. The Kier molecular flexibility index (Phi) is 5.80. The zero-order valence-electron chi connectivity index (χ0n) is 12.5. The third kappa shape index (κ3) is 6.33. The molecule has 0 radical (unpaired) electrons. The molecule has 1 fully saturated rings. The van der Waals surface area contributed by atoms with Gasteiger partial charge in [-0.15, -0.1) is 0 Å². The van der Waals surface area contributed by atoms with E-state index in [1.54, 1.807) is 20.8 Å². The van der Waals surface area contributed by atoms with E-state index in [1.165, 1.54) is 0 Å². The van der Waals surface area contributed by atoms with Crippen molar-refractivity contribution in [2.75, 3.05) is 0 Å². The SMILES string of the molecule is CC(C)(C)OC(=O)N[C@@H]1C[C@@H](NC=O)CC[C@@H]1NC(=O)O. The lowest BCUT2D eigenvalue weighted by molar-refractivity contribution is -0.110. The van der Waals surface area contributed by atoms with Crippen LogP contribution in [0.1, 0.15) is 40.0 Å². The first-order valence-corrected chi connectivity index (χ1v) is 6.90. The smallest absolute Gasteiger partial charge is 0.407 e. The summed E-state index contributed by atoms with van der Waals surface area (Å²) in [5.41, 5.74) is -0.630. The zero-order valence-corrected chi connectivity index (χ0v) is 12.5. The van der Waals surface area contributed by atoms with Crippen LogP contribution in [0.5, 0.6) is 0 Å². The Morgan fingerprint density at radius 1 is 1.19 bits per heavy atom. The van der Waals surface area contributed by atoms with Gasteiger partial charge in [-0.3, -0.25) is 4.79 Å². The van der Waals surface area contributed by atoms with E-state index in [0.717, 1.165) is 0 Å². The average molecular weight is 301 g/mol. The Hall–Kier alpha value is -1.99. The van der Waals surface area contributed by atoms with Crippen LogP contribution in [-0.2, 0) is 9.53 Å². The lowest BCUT2D eigenvalue weighted by atomic mass is 9.87. The normalized spacial score (nSPS) is 25.6. The summed E-state index contributed by atoms with van der Waals surface area (Å²) in [4.78, 5) is 33.1. The molecule has 0 aromatic rings. The molecule has 3 amide bonds. The third-order valence-corrected chi connectivity index (χ3v) is 3.17. The molecule has 1 saturated carbocycles. The number of hydrogen-bond acceptors (Lipinski definition) is 4. The van der Waals surface area contributed by atoms with Gasteiger partial charge in [-0.2, -0.15) is 0 Å². The van der Waals surface area contributed by atoms with Gasteiger partial charge in [0.05, 0.1) is 12.1 Å². The molecule has 0 aromatic heterocycles. The maximum absolute atomic E-state index is 11.8.